The first-order chi connectivity index (χ1) is 9.09. The van der Waals surface area contributed by atoms with Crippen LogP contribution in [0.1, 0.15) is 20.7 Å². The van der Waals surface area contributed by atoms with Crippen LogP contribution in [-0.4, -0.2) is 16.8 Å². The van der Waals surface area contributed by atoms with Crippen molar-refractivity contribution in [2.75, 3.05) is 5.32 Å². The lowest BCUT2D eigenvalue weighted by atomic mass is 10.1. The number of hydrogen-bond acceptors (Lipinski definition) is 3. The van der Waals surface area contributed by atoms with E-state index in [4.69, 9.17) is 17.3 Å². The van der Waals surface area contributed by atoms with Gasteiger partial charge in [-0.05, 0) is 24.3 Å². The van der Waals surface area contributed by atoms with Gasteiger partial charge < -0.3 is 11.1 Å². The molecule has 0 aliphatic carbocycles. The maximum atomic E-state index is 12.0. The zero-order valence-corrected chi connectivity index (χ0v) is 10.5. The molecule has 0 unspecified atom stereocenters. The van der Waals surface area contributed by atoms with E-state index >= 15 is 0 Å². The zero-order valence-electron chi connectivity index (χ0n) is 9.76. The van der Waals surface area contributed by atoms with Gasteiger partial charge in [0.25, 0.3) is 11.8 Å². The Bertz CT molecular complexity index is 643. The topological polar surface area (TPSA) is 85.1 Å². The van der Waals surface area contributed by atoms with Gasteiger partial charge >= 0.3 is 0 Å². The number of nitrogens with one attached hydrogen (secondary N) is 1. The maximum Gasteiger partial charge on any atom is 0.258 e. The van der Waals surface area contributed by atoms with Crippen LogP contribution in [0.4, 0.5) is 5.69 Å². The molecule has 2 rings (SSSR count). The Morgan fingerprint density at radius 2 is 1.79 bits per heavy atom. The number of pyridine rings is 1. The van der Waals surface area contributed by atoms with Crippen LogP contribution in [-0.2, 0) is 0 Å². The molecule has 2 amide bonds. The third-order valence-corrected chi connectivity index (χ3v) is 2.75. The number of benzene rings is 1. The minimum atomic E-state index is -0.617. The third-order valence-electron chi connectivity index (χ3n) is 2.44. The van der Waals surface area contributed by atoms with Crippen LogP contribution in [0.2, 0.25) is 5.15 Å². The average molecular weight is 276 g/mol. The van der Waals surface area contributed by atoms with Crippen LogP contribution in [0.15, 0.2) is 42.6 Å². The van der Waals surface area contributed by atoms with E-state index in [1.165, 1.54) is 18.3 Å². The van der Waals surface area contributed by atoms with Gasteiger partial charge in [0.1, 0.15) is 5.15 Å². The fourth-order valence-electron chi connectivity index (χ4n) is 1.55. The van der Waals surface area contributed by atoms with Crippen LogP contribution in [0, 0.1) is 0 Å². The maximum absolute atomic E-state index is 12.0. The van der Waals surface area contributed by atoms with Gasteiger partial charge in [-0.25, -0.2) is 4.98 Å². The first-order valence-corrected chi connectivity index (χ1v) is 5.78. The normalized spacial score (nSPS) is 9.95. The molecule has 3 N–H and O–H groups in total. The van der Waals surface area contributed by atoms with Gasteiger partial charge in [0, 0.05) is 6.20 Å². The lowest BCUT2D eigenvalue weighted by molar-refractivity contribution is 0.100. The Hall–Kier alpha value is -2.40. The molecule has 5 nitrogen and oxygen atoms in total. The highest BCUT2D eigenvalue weighted by molar-refractivity contribution is 6.33. The summed E-state index contributed by atoms with van der Waals surface area (Å²) < 4.78 is 0. The first-order valence-electron chi connectivity index (χ1n) is 5.40. The highest BCUT2D eigenvalue weighted by Crippen LogP contribution is 2.18. The molecule has 0 saturated carbocycles. The molecule has 6 heteroatoms. The number of primary amides is 1. The van der Waals surface area contributed by atoms with Crippen LogP contribution in [0.3, 0.4) is 0 Å². The van der Waals surface area contributed by atoms with Gasteiger partial charge in [0.05, 0.1) is 16.8 Å². The van der Waals surface area contributed by atoms with Crippen molar-refractivity contribution < 1.29 is 9.59 Å². The largest absolute Gasteiger partial charge is 0.366 e. The van der Waals surface area contributed by atoms with Crippen LogP contribution in [0.25, 0.3) is 0 Å². The highest BCUT2D eigenvalue weighted by atomic mass is 35.5. The van der Waals surface area contributed by atoms with Crippen molar-refractivity contribution in [1.82, 2.24) is 4.98 Å². The molecular formula is C13H10ClN3O2. The van der Waals surface area contributed by atoms with Crippen molar-refractivity contribution in [2.24, 2.45) is 5.73 Å². The van der Waals surface area contributed by atoms with Gasteiger partial charge in [0.2, 0.25) is 0 Å². The Kier molecular flexibility index (Phi) is 3.77. The second-order valence-corrected chi connectivity index (χ2v) is 4.06. The number of hydrogen-bond donors (Lipinski definition) is 2. The van der Waals surface area contributed by atoms with Crippen LogP contribution >= 0.6 is 11.6 Å². The van der Waals surface area contributed by atoms with E-state index in [0.717, 1.165) is 0 Å². The number of para-hydroxylation sites is 1. The summed E-state index contributed by atoms with van der Waals surface area (Å²) in [5.74, 6) is -1.07. The molecule has 0 bridgehead atoms. The van der Waals surface area contributed by atoms with E-state index in [1.807, 2.05) is 0 Å². The predicted molar refractivity (Wildman–Crippen MR) is 72.2 cm³/mol. The SMILES string of the molecule is NC(=O)c1ccccc1NC(=O)c1cccnc1Cl. The van der Waals surface area contributed by atoms with E-state index in [9.17, 15) is 9.59 Å². The average Bonchev–Trinajstić information content (AvgIpc) is 2.39. The zero-order chi connectivity index (χ0) is 13.8. The molecule has 0 saturated heterocycles. The van der Waals surface area contributed by atoms with Crippen molar-refractivity contribution in [2.45, 2.75) is 0 Å². The summed E-state index contributed by atoms with van der Waals surface area (Å²) in [6.45, 7) is 0. The Morgan fingerprint density at radius 1 is 1.11 bits per heavy atom. The van der Waals surface area contributed by atoms with Crippen molar-refractivity contribution in [1.29, 1.82) is 0 Å². The van der Waals surface area contributed by atoms with Crippen LogP contribution < -0.4 is 11.1 Å². The minimum absolute atomic E-state index is 0.0940. The molecule has 1 aromatic heterocycles. The summed E-state index contributed by atoms with van der Waals surface area (Å²) in [4.78, 5) is 27.1. The van der Waals surface area contributed by atoms with E-state index in [2.05, 4.69) is 10.3 Å². The predicted octanol–water partition coefficient (Wildman–Crippen LogP) is 2.09. The number of amides is 2. The Labute approximate surface area is 114 Å². The molecule has 2 aromatic rings. The van der Waals surface area contributed by atoms with Gasteiger partial charge in [-0.3, -0.25) is 9.59 Å². The molecule has 1 heterocycles. The minimum Gasteiger partial charge on any atom is -0.366 e. The van der Waals surface area contributed by atoms with E-state index < -0.39 is 11.8 Å². The van der Waals surface area contributed by atoms with Gasteiger partial charge in [-0.2, -0.15) is 0 Å². The lowest BCUT2D eigenvalue weighted by Gasteiger charge is -2.09. The fourth-order valence-corrected chi connectivity index (χ4v) is 1.76. The molecule has 96 valence electrons. The summed E-state index contributed by atoms with van der Waals surface area (Å²) in [5, 5.41) is 2.68. The number of aromatic nitrogens is 1. The van der Waals surface area contributed by atoms with Gasteiger partial charge in [0.15, 0.2) is 0 Å². The van der Waals surface area contributed by atoms with Crippen LogP contribution in [0.5, 0.6) is 0 Å². The quantitative estimate of drug-likeness (QED) is 0.841. The smallest absolute Gasteiger partial charge is 0.258 e. The van der Waals surface area contributed by atoms with Crippen molar-refractivity contribution in [3.05, 3.63) is 58.9 Å². The van der Waals surface area contributed by atoms with E-state index in [-0.39, 0.29) is 16.3 Å². The standard InChI is InChI=1S/C13H10ClN3O2/c14-11-9(5-3-7-16-11)13(19)17-10-6-2-1-4-8(10)12(15)18/h1-7H,(H2,15,18)(H,17,19). The summed E-state index contributed by atoms with van der Waals surface area (Å²) in [6, 6.07) is 9.60. The Balaban J connectivity index is 2.30. The number of halogens is 1. The number of carbonyl (C=O) groups excluding carboxylic acids is 2. The molecule has 0 fully saturated rings. The molecule has 0 atom stereocenters. The van der Waals surface area contributed by atoms with E-state index in [1.54, 1.807) is 24.3 Å². The van der Waals surface area contributed by atoms with Gasteiger partial charge in [-0.15, -0.1) is 0 Å². The molecular weight excluding hydrogens is 266 g/mol. The number of carbonyl (C=O) groups is 2. The third kappa shape index (κ3) is 2.89. The molecule has 0 spiro atoms. The number of nitrogens with zero attached hydrogens (tertiary/aromatic N) is 1. The van der Waals surface area contributed by atoms with E-state index in [0.29, 0.717) is 5.69 Å². The van der Waals surface area contributed by atoms with Crippen molar-refractivity contribution in [3.8, 4) is 0 Å². The number of nitrogens with two attached hydrogens (primary N) is 1. The summed E-state index contributed by atoms with van der Waals surface area (Å²) >= 11 is 5.82. The van der Waals surface area contributed by atoms with Crippen molar-refractivity contribution in [3.63, 3.8) is 0 Å². The second-order valence-electron chi connectivity index (χ2n) is 3.71. The first kappa shape index (κ1) is 13.0. The molecule has 0 aliphatic rings. The fraction of sp³-hybridized carbons (Fsp3) is 0. The number of anilines is 1. The summed E-state index contributed by atoms with van der Waals surface area (Å²) in [7, 11) is 0. The second kappa shape index (κ2) is 5.49. The molecule has 19 heavy (non-hydrogen) atoms. The molecule has 1 aromatic carbocycles. The summed E-state index contributed by atoms with van der Waals surface area (Å²) in [5.41, 5.74) is 6.02. The summed E-state index contributed by atoms with van der Waals surface area (Å²) in [6.07, 6.45) is 1.48. The van der Waals surface area contributed by atoms with Gasteiger partial charge in [-0.1, -0.05) is 23.7 Å². The lowest BCUT2D eigenvalue weighted by Crippen LogP contribution is -2.18. The van der Waals surface area contributed by atoms with Crippen molar-refractivity contribution >= 4 is 29.1 Å². The monoisotopic (exact) mass is 275 g/mol. The number of rotatable bonds is 3. The molecule has 0 radical (unpaired) electrons. The molecule has 0 aliphatic heterocycles. The highest BCUT2D eigenvalue weighted by Gasteiger charge is 2.14. The Morgan fingerprint density at radius 3 is 2.47 bits per heavy atom.